The Hall–Kier alpha value is -1.39. The van der Waals surface area contributed by atoms with Crippen molar-refractivity contribution in [1.82, 2.24) is 4.90 Å². The van der Waals surface area contributed by atoms with Crippen molar-refractivity contribution in [2.75, 3.05) is 19.6 Å². The summed E-state index contributed by atoms with van der Waals surface area (Å²) in [4.78, 5) is 13.2. The summed E-state index contributed by atoms with van der Waals surface area (Å²) in [5.41, 5.74) is 0.938. The summed E-state index contributed by atoms with van der Waals surface area (Å²) < 4.78 is 20.9. The van der Waals surface area contributed by atoms with E-state index in [1.807, 2.05) is 30.3 Å². The van der Waals surface area contributed by atoms with Gasteiger partial charge in [-0.1, -0.05) is 30.3 Å². The Bertz CT molecular complexity index is 467. The smallest absolute Gasteiger partial charge is 0.312 e. The summed E-state index contributed by atoms with van der Waals surface area (Å²) in [5, 5.41) is 10.0. The fourth-order valence-electron chi connectivity index (χ4n) is 2.03. The van der Waals surface area contributed by atoms with E-state index < -0.39 is 24.5 Å². The third-order valence-corrected chi connectivity index (χ3v) is 2.92. The van der Waals surface area contributed by atoms with E-state index >= 15 is 0 Å². The maximum atomic E-state index is 11.8. The van der Waals surface area contributed by atoms with Gasteiger partial charge in [0.2, 0.25) is 0 Å². The van der Waals surface area contributed by atoms with Crippen molar-refractivity contribution in [3.05, 3.63) is 35.9 Å². The van der Waals surface area contributed by atoms with E-state index in [9.17, 15) is 9.90 Å². The predicted molar refractivity (Wildman–Crippen MR) is 67.8 cm³/mol. The molecule has 1 aliphatic rings. The molecule has 0 radical (unpaired) electrons. The fraction of sp³-hybridized carbons (Fsp3) is 0.500. The summed E-state index contributed by atoms with van der Waals surface area (Å²) in [6, 6.07) is 9.42. The summed E-state index contributed by atoms with van der Waals surface area (Å²) in [6.07, 6.45) is -1.37. The molecule has 4 nitrogen and oxygen atoms in total. The van der Waals surface area contributed by atoms with Crippen molar-refractivity contribution in [2.24, 2.45) is 5.92 Å². The predicted octanol–water partition coefficient (Wildman–Crippen LogP) is 1.04. The van der Waals surface area contributed by atoms with Gasteiger partial charge in [0, 0.05) is 22.3 Å². The van der Waals surface area contributed by atoms with Gasteiger partial charge in [0.1, 0.15) is 0 Å². The molecular formula is C14H19NO3. The van der Waals surface area contributed by atoms with Crippen molar-refractivity contribution in [3.8, 4) is 0 Å². The summed E-state index contributed by atoms with van der Waals surface area (Å²) >= 11 is 0. The van der Waals surface area contributed by atoms with Gasteiger partial charge in [0.05, 0.1) is 18.6 Å². The highest BCUT2D eigenvalue weighted by Crippen LogP contribution is 2.20. The van der Waals surface area contributed by atoms with Crippen LogP contribution in [0.15, 0.2) is 30.3 Å². The third kappa shape index (κ3) is 3.09. The second kappa shape index (κ2) is 5.98. The lowest BCUT2D eigenvalue weighted by Crippen LogP contribution is -2.28. The average molecular weight is 251 g/mol. The lowest BCUT2D eigenvalue weighted by atomic mass is 10.1. The van der Waals surface area contributed by atoms with Crippen LogP contribution in [0.2, 0.25) is 0 Å². The molecule has 1 aromatic carbocycles. The zero-order chi connectivity index (χ0) is 14.8. The second-order valence-corrected chi connectivity index (χ2v) is 4.30. The molecule has 1 N–H and O–H groups in total. The minimum absolute atomic E-state index is 0.155. The van der Waals surface area contributed by atoms with Crippen molar-refractivity contribution in [1.29, 1.82) is 0 Å². The molecule has 1 fully saturated rings. The van der Waals surface area contributed by atoms with Gasteiger partial charge in [0.15, 0.2) is 0 Å². The van der Waals surface area contributed by atoms with E-state index in [1.165, 1.54) is 4.90 Å². The molecule has 1 heterocycles. The highest BCUT2D eigenvalue weighted by molar-refractivity contribution is 5.73. The molecule has 0 aliphatic carbocycles. The van der Waals surface area contributed by atoms with Crippen LogP contribution in [0.4, 0.5) is 0 Å². The van der Waals surface area contributed by atoms with E-state index in [4.69, 9.17) is 7.48 Å². The standard InChI is InChI=1S/C14H19NO3/c1-2-18-14(17)12-9-15(10-13(12)16)8-11-6-4-3-5-7-11/h3-7,12-13,16H,2,8-10H2,1H3/i10D2. The first kappa shape index (κ1) is 10.5. The molecule has 98 valence electrons. The summed E-state index contributed by atoms with van der Waals surface area (Å²) in [7, 11) is 0. The number of carbonyl (C=O) groups excluding carboxylic acids is 1. The Kier molecular flexibility index (Phi) is 3.50. The Balaban J connectivity index is 2.12. The lowest BCUT2D eigenvalue weighted by Gasteiger charge is -2.15. The lowest BCUT2D eigenvalue weighted by molar-refractivity contribution is -0.150. The van der Waals surface area contributed by atoms with E-state index in [-0.39, 0.29) is 13.2 Å². The first-order valence-electron chi connectivity index (χ1n) is 7.10. The molecule has 0 bridgehead atoms. The van der Waals surface area contributed by atoms with Crippen LogP contribution in [0, 0.1) is 5.92 Å². The molecule has 0 saturated carbocycles. The van der Waals surface area contributed by atoms with Gasteiger partial charge in [-0.15, -0.1) is 0 Å². The SMILES string of the molecule is [2H]C1([2H])C(O)C(C(=O)OCC)CN1Cc1ccccc1. The minimum atomic E-state index is -1.94. The Morgan fingerprint density at radius 2 is 2.28 bits per heavy atom. The van der Waals surface area contributed by atoms with Crippen LogP contribution in [0.1, 0.15) is 15.2 Å². The maximum absolute atomic E-state index is 11.8. The number of hydrogen-bond donors (Lipinski definition) is 1. The maximum Gasteiger partial charge on any atom is 0.312 e. The molecule has 2 unspecified atom stereocenters. The van der Waals surface area contributed by atoms with Crippen LogP contribution in [0.3, 0.4) is 0 Å². The van der Waals surface area contributed by atoms with Crippen LogP contribution in [0.25, 0.3) is 0 Å². The number of rotatable bonds is 4. The number of esters is 1. The number of likely N-dealkylation sites (tertiary alicyclic amines) is 1. The zero-order valence-corrected chi connectivity index (χ0v) is 10.4. The van der Waals surface area contributed by atoms with Gasteiger partial charge in [0.25, 0.3) is 0 Å². The molecule has 1 aliphatic heterocycles. The second-order valence-electron chi connectivity index (χ2n) is 4.30. The van der Waals surface area contributed by atoms with Crippen LogP contribution in [-0.4, -0.2) is 41.7 Å². The quantitative estimate of drug-likeness (QED) is 0.812. The number of ether oxygens (including phenoxy) is 1. The highest BCUT2D eigenvalue weighted by Gasteiger charge is 2.37. The molecule has 2 atom stereocenters. The Morgan fingerprint density at radius 1 is 1.56 bits per heavy atom. The van der Waals surface area contributed by atoms with E-state index in [2.05, 4.69) is 0 Å². The number of β-amino-alcohol motifs (C(OH)–C–C–N with tert-alkyl or cyclic N) is 1. The molecule has 18 heavy (non-hydrogen) atoms. The van der Waals surface area contributed by atoms with Gasteiger partial charge in [-0.25, -0.2) is 0 Å². The number of aliphatic hydroxyl groups excluding tert-OH is 1. The number of hydrogen-bond acceptors (Lipinski definition) is 4. The molecule has 0 amide bonds. The molecule has 2 rings (SSSR count). The van der Waals surface area contributed by atoms with Crippen molar-refractivity contribution in [2.45, 2.75) is 19.6 Å². The monoisotopic (exact) mass is 251 g/mol. The third-order valence-electron chi connectivity index (χ3n) is 2.92. The van der Waals surface area contributed by atoms with E-state index in [0.29, 0.717) is 6.54 Å². The molecule has 4 heteroatoms. The Morgan fingerprint density at radius 3 is 2.94 bits per heavy atom. The van der Waals surface area contributed by atoms with Crippen molar-refractivity contribution in [3.63, 3.8) is 0 Å². The first-order chi connectivity index (χ1) is 9.46. The van der Waals surface area contributed by atoms with Crippen molar-refractivity contribution >= 4 is 5.97 Å². The van der Waals surface area contributed by atoms with Gasteiger partial charge >= 0.3 is 5.97 Å². The molecule has 1 aromatic rings. The van der Waals surface area contributed by atoms with Crippen LogP contribution in [-0.2, 0) is 16.1 Å². The summed E-state index contributed by atoms with van der Waals surface area (Å²) in [6.45, 7) is 0.481. The molecule has 0 spiro atoms. The fourth-order valence-corrected chi connectivity index (χ4v) is 2.03. The van der Waals surface area contributed by atoms with Crippen LogP contribution in [0.5, 0.6) is 0 Å². The van der Waals surface area contributed by atoms with E-state index in [0.717, 1.165) is 5.56 Å². The normalized spacial score (nSPS) is 28.6. The van der Waals surface area contributed by atoms with Gasteiger partial charge in [-0.05, 0) is 12.5 Å². The van der Waals surface area contributed by atoms with Crippen LogP contribution >= 0.6 is 0 Å². The molecule has 1 saturated heterocycles. The van der Waals surface area contributed by atoms with Crippen molar-refractivity contribution < 1.29 is 17.4 Å². The van der Waals surface area contributed by atoms with Gasteiger partial charge < -0.3 is 9.84 Å². The number of benzene rings is 1. The minimum Gasteiger partial charge on any atom is -0.466 e. The van der Waals surface area contributed by atoms with Crippen LogP contribution < -0.4 is 0 Å². The number of nitrogens with zero attached hydrogens (tertiary/aromatic N) is 1. The highest BCUT2D eigenvalue weighted by atomic mass is 16.5. The average Bonchev–Trinajstić information content (AvgIpc) is 2.64. The molecular weight excluding hydrogens is 230 g/mol. The Labute approximate surface area is 110 Å². The number of carbonyl (C=O) groups is 1. The summed E-state index contributed by atoms with van der Waals surface area (Å²) in [5.74, 6) is -1.38. The largest absolute Gasteiger partial charge is 0.466 e. The van der Waals surface area contributed by atoms with Gasteiger partial charge in [-0.3, -0.25) is 9.69 Å². The molecule has 0 aromatic heterocycles. The zero-order valence-electron chi connectivity index (χ0n) is 12.4. The van der Waals surface area contributed by atoms with Gasteiger partial charge in [-0.2, -0.15) is 0 Å². The van der Waals surface area contributed by atoms with E-state index in [1.54, 1.807) is 6.92 Å². The first-order valence-corrected chi connectivity index (χ1v) is 6.10. The number of aliphatic hydroxyl groups is 1. The topological polar surface area (TPSA) is 49.8 Å².